The first-order chi connectivity index (χ1) is 16.2. The Kier molecular flexibility index (Phi) is 6.58. The zero-order valence-corrected chi connectivity index (χ0v) is 18.4. The zero-order chi connectivity index (χ0) is 24.3. The van der Waals surface area contributed by atoms with Crippen molar-refractivity contribution in [2.75, 3.05) is 5.32 Å². The molecule has 1 N–H and O–H groups in total. The molecule has 1 aliphatic rings. The number of carbonyl (C=O) groups excluding carboxylic acids is 2. The average Bonchev–Trinajstić information content (AvgIpc) is 2.95. The van der Waals surface area contributed by atoms with Gasteiger partial charge in [0.1, 0.15) is 5.75 Å². The molecule has 0 saturated carbocycles. The number of alkyl halides is 3. The number of anilines is 1. The lowest BCUT2D eigenvalue weighted by molar-refractivity contribution is -0.139. The Morgan fingerprint density at radius 3 is 2.53 bits per heavy atom. The van der Waals surface area contributed by atoms with E-state index in [0.717, 1.165) is 17.7 Å². The highest BCUT2D eigenvalue weighted by Gasteiger charge is 2.32. The number of carbonyl (C=O) groups is 2. The maximum atomic E-state index is 13.0. The predicted molar refractivity (Wildman–Crippen MR) is 121 cm³/mol. The molecule has 3 aromatic rings. The molecule has 2 amide bonds. The third-order valence-electron chi connectivity index (χ3n) is 5.58. The van der Waals surface area contributed by atoms with E-state index in [9.17, 15) is 22.8 Å². The molecule has 0 fully saturated rings. The number of nitrogens with one attached hydrogen (secondary N) is 1. The van der Waals surface area contributed by atoms with Crippen molar-refractivity contribution >= 4 is 17.5 Å². The molecule has 4 rings (SSSR count). The fourth-order valence-corrected chi connectivity index (χ4v) is 3.82. The molecule has 0 bridgehead atoms. The molecule has 0 saturated heterocycles. The van der Waals surface area contributed by atoms with Crippen molar-refractivity contribution < 1.29 is 27.5 Å². The van der Waals surface area contributed by atoms with Gasteiger partial charge in [-0.25, -0.2) is 0 Å². The van der Waals surface area contributed by atoms with Crippen LogP contribution in [0.4, 0.5) is 18.9 Å². The van der Waals surface area contributed by atoms with Crippen molar-refractivity contribution in [1.29, 1.82) is 0 Å². The normalized spacial score (nSPS) is 15.8. The number of hydrogen-bond acceptors (Lipinski definition) is 3. The summed E-state index contributed by atoms with van der Waals surface area (Å²) in [6.07, 6.45) is -4.67. The zero-order valence-electron chi connectivity index (χ0n) is 18.4. The van der Waals surface area contributed by atoms with Gasteiger partial charge in [0.2, 0.25) is 0 Å². The minimum absolute atomic E-state index is 0.104. The third kappa shape index (κ3) is 5.22. The third-order valence-corrected chi connectivity index (χ3v) is 5.58. The Morgan fingerprint density at radius 2 is 1.82 bits per heavy atom. The van der Waals surface area contributed by atoms with Crippen LogP contribution in [0.1, 0.15) is 40.4 Å². The number of benzene rings is 3. The molecule has 0 radical (unpaired) electrons. The van der Waals surface area contributed by atoms with Crippen LogP contribution < -0.4 is 10.1 Å². The second-order valence-corrected chi connectivity index (χ2v) is 8.05. The summed E-state index contributed by atoms with van der Waals surface area (Å²) in [5.41, 5.74) is 1.07. The SMILES string of the molecule is CCC1Oc2ccc(NC(=O)c3cccc(C(F)(F)F)c3)cc2CN(Cc2ccccc2)C1=O. The first-order valence-electron chi connectivity index (χ1n) is 10.9. The van der Waals surface area contributed by atoms with Crippen LogP contribution in [-0.2, 0) is 24.1 Å². The van der Waals surface area contributed by atoms with Gasteiger partial charge in [0.05, 0.1) is 5.56 Å². The van der Waals surface area contributed by atoms with Gasteiger partial charge in [-0.2, -0.15) is 13.2 Å². The first-order valence-corrected chi connectivity index (χ1v) is 10.9. The molecule has 1 unspecified atom stereocenters. The van der Waals surface area contributed by atoms with Crippen molar-refractivity contribution in [2.24, 2.45) is 0 Å². The van der Waals surface area contributed by atoms with E-state index in [1.165, 1.54) is 12.1 Å². The Hall–Kier alpha value is -3.81. The molecule has 0 aromatic heterocycles. The van der Waals surface area contributed by atoms with E-state index in [1.807, 2.05) is 37.3 Å². The molecule has 5 nitrogen and oxygen atoms in total. The van der Waals surface area contributed by atoms with Crippen molar-refractivity contribution in [1.82, 2.24) is 4.90 Å². The van der Waals surface area contributed by atoms with Gasteiger partial charge < -0.3 is 15.0 Å². The van der Waals surface area contributed by atoms with Gasteiger partial charge in [0, 0.05) is 29.9 Å². The number of amides is 2. The minimum Gasteiger partial charge on any atom is -0.480 e. The second-order valence-electron chi connectivity index (χ2n) is 8.05. The number of ether oxygens (including phenoxy) is 1. The maximum Gasteiger partial charge on any atom is 0.416 e. The highest BCUT2D eigenvalue weighted by atomic mass is 19.4. The average molecular weight is 468 g/mol. The minimum atomic E-state index is -4.54. The standard InChI is InChI=1S/C26H23F3N2O3/c1-2-22-25(33)31(15-17-7-4-3-5-8-17)16-19-14-21(11-12-23(19)34-22)30-24(32)18-9-6-10-20(13-18)26(27,28)29/h3-14,22H,2,15-16H2,1H3,(H,30,32). The molecule has 176 valence electrons. The lowest BCUT2D eigenvalue weighted by atomic mass is 10.1. The Morgan fingerprint density at radius 1 is 1.06 bits per heavy atom. The topological polar surface area (TPSA) is 58.6 Å². The monoisotopic (exact) mass is 468 g/mol. The van der Waals surface area contributed by atoms with Crippen LogP contribution in [0.3, 0.4) is 0 Å². The van der Waals surface area contributed by atoms with E-state index in [1.54, 1.807) is 23.1 Å². The van der Waals surface area contributed by atoms with Gasteiger partial charge in [0.25, 0.3) is 11.8 Å². The maximum absolute atomic E-state index is 13.0. The number of fused-ring (bicyclic) bond motifs is 1. The summed E-state index contributed by atoms with van der Waals surface area (Å²) in [5, 5.41) is 2.64. The van der Waals surface area contributed by atoms with Crippen molar-refractivity contribution in [2.45, 2.75) is 38.7 Å². The Balaban J connectivity index is 1.58. The number of rotatable bonds is 5. The van der Waals surface area contributed by atoms with Crippen LogP contribution in [0.5, 0.6) is 5.75 Å². The van der Waals surface area contributed by atoms with Crippen LogP contribution in [0.15, 0.2) is 72.8 Å². The second kappa shape index (κ2) is 9.59. The van der Waals surface area contributed by atoms with Crippen LogP contribution in [0.25, 0.3) is 0 Å². The van der Waals surface area contributed by atoms with Gasteiger partial charge in [-0.15, -0.1) is 0 Å². The summed E-state index contributed by atoms with van der Waals surface area (Å²) in [5.74, 6) is -0.255. The molecule has 1 heterocycles. The van der Waals surface area contributed by atoms with Crippen LogP contribution in [0.2, 0.25) is 0 Å². The summed E-state index contributed by atoms with van der Waals surface area (Å²) in [7, 11) is 0. The highest BCUT2D eigenvalue weighted by Crippen LogP contribution is 2.31. The fourth-order valence-electron chi connectivity index (χ4n) is 3.82. The van der Waals surface area contributed by atoms with E-state index in [0.29, 0.717) is 30.0 Å². The van der Waals surface area contributed by atoms with E-state index in [2.05, 4.69) is 5.32 Å². The molecular weight excluding hydrogens is 445 g/mol. The quantitative estimate of drug-likeness (QED) is 0.526. The summed E-state index contributed by atoms with van der Waals surface area (Å²) >= 11 is 0. The molecule has 0 spiro atoms. The summed E-state index contributed by atoms with van der Waals surface area (Å²) in [6, 6.07) is 18.8. The molecule has 8 heteroatoms. The van der Waals surface area contributed by atoms with Gasteiger partial charge in [-0.3, -0.25) is 9.59 Å². The van der Waals surface area contributed by atoms with E-state index in [4.69, 9.17) is 4.74 Å². The van der Waals surface area contributed by atoms with Crippen LogP contribution >= 0.6 is 0 Å². The molecule has 34 heavy (non-hydrogen) atoms. The summed E-state index contributed by atoms with van der Waals surface area (Å²) in [6.45, 7) is 2.55. The highest BCUT2D eigenvalue weighted by molar-refractivity contribution is 6.04. The first kappa shape index (κ1) is 23.4. The fraction of sp³-hybridized carbons (Fsp3) is 0.231. The molecule has 3 aromatic carbocycles. The number of nitrogens with zero attached hydrogens (tertiary/aromatic N) is 1. The largest absolute Gasteiger partial charge is 0.480 e. The Bertz CT molecular complexity index is 1200. The lowest BCUT2D eigenvalue weighted by Gasteiger charge is -2.23. The number of halogens is 3. The summed E-state index contributed by atoms with van der Waals surface area (Å²) in [4.78, 5) is 27.4. The molecule has 0 aliphatic carbocycles. The predicted octanol–water partition coefficient (Wildman–Crippen LogP) is 5.66. The van der Waals surface area contributed by atoms with Crippen LogP contribution in [0, 0.1) is 0 Å². The Labute approximate surface area is 195 Å². The smallest absolute Gasteiger partial charge is 0.416 e. The summed E-state index contributed by atoms with van der Waals surface area (Å²) < 4.78 is 44.9. The van der Waals surface area contributed by atoms with Crippen LogP contribution in [-0.4, -0.2) is 22.8 Å². The molecular formula is C26H23F3N2O3. The van der Waals surface area contributed by atoms with E-state index in [-0.39, 0.29) is 18.0 Å². The molecule has 1 atom stereocenters. The van der Waals surface area contributed by atoms with E-state index >= 15 is 0 Å². The lowest BCUT2D eigenvalue weighted by Crippen LogP contribution is -2.38. The van der Waals surface area contributed by atoms with Crippen molar-refractivity contribution in [3.05, 3.63) is 95.1 Å². The van der Waals surface area contributed by atoms with Gasteiger partial charge in [0.15, 0.2) is 6.10 Å². The molecule has 1 aliphatic heterocycles. The van der Waals surface area contributed by atoms with Gasteiger partial charge in [-0.1, -0.05) is 43.3 Å². The van der Waals surface area contributed by atoms with Crippen molar-refractivity contribution in [3.8, 4) is 5.75 Å². The number of hydrogen-bond donors (Lipinski definition) is 1. The van der Waals surface area contributed by atoms with E-state index < -0.39 is 23.8 Å². The van der Waals surface area contributed by atoms with Gasteiger partial charge >= 0.3 is 6.18 Å². The van der Waals surface area contributed by atoms with Crippen molar-refractivity contribution in [3.63, 3.8) is 0 Å². The van der Waals surface area contributed by atoms with Gasteiger partial charge in [-0.05, 0) is 48.4 Å².